The molecule has 0 aromatic carbocycles. The minimum Gasteiger partial charge on any atom is -0.396 e. The highest BCUT2D eigenvalue weighted by Crippen LogP contribution is 2.25. The van der Waals surface area contributed by atoms with Crippen molar-refractivity contribution in [2.24, 2.45) is 5.41 Å². The van der Waals surface area contributed by atoms with Crippen molar-refractivity contribution in [3.05, 3.63) is 0 Å². The van der Waals surface area contributed by atoms with E-state index in [9.17, 15) is 18.3 Å². The van der Waals surface area contributed by atoms with E-state index < -0.39 is 20.5 Å². The molecule has 0 aliphatic rings. The van der Waals surface area contributed by atoms with Gasteiger partial charge in [0.25, 0.3) is 0 Å². The molecule has 0 aliphatic carbocycles. The first-order chi connectivity index (χ1) is 8.06. The van der Waals surface area contributed by atoms with Gasteiger partial charge in [-0.05, 0) is 26.7 Å². The number of amides is 1. The van der Waals surface area contributed by atoms with Gasteiger partial charge in [0.15, 0.2) is 9.84 Å². The molecule has 0 aliphatic heterocycles. The maximum Gasteiger partial charge on any atom is 0.240 e. The molecule has 0 saturated heterocycles. The Kier molecular flexibility index (Phi) is 5.81. The average Bonchev–Trinajstić information content (AvgIpc) is 2.29. The number of sulfone groups is 1. The Morgan fingerprint density at radius 3 is 1.94 bits per heavy atom. The lowest BCUT2D eigenvalue weighted by atomic mass is 9.83. The van der Waals surface area contributed by atoms with E-state index in [4.69, 9.17) is 0 Å². The van der Waals surface area contributed by atoms with E-state index in [0.29, 0.717) is 0 Å². The van der Waals surface area contributed by atoms with Gasteiger partial charge in [0.1, 0.15) is 4.75 Å². The summed E-state index contributed by atoms with van der Waals surface area (Å²) in [6, 6.07) is 0. The molecule has 5 nitrogen and oxygen atoms in total. The van der Waals surface area contributed by atoms with Crippen molar-refractivity contribution in [1.29, 1.82) is 0 Å². The van der Waals surface area contributed by atoms with Crippen molar-refractivity contribution in [2.45, 2.75) is 45.3 Å². The highest BCUT2D eigenvalue weighted by Gasteiger charge is 2.39. The Labute approximate surface area is 110 Å². The molecule has 0 unspecified atom stereocenters. The minimum atomic E-state index is -3.46. The van der Waals surface area contributed by atoms with Crippen LogP contribution in [0.1, 0.15) is 40.5 Å². The summed E-state index contributed by atoms with van der Waals surface area (Å²) in [5, 5.41) is 12.0. The SMILES string of the molecule is CCC(CC)(CO)CNC(=O)C(C)(C)S(C)(=O)=O. The lowest BCUT2D eigenvalue weighted by molar-refractivity contribution is -0.123. The Balaban J connectivity index is 4.80. The Morgan fingerprint density at radius 2 is 1.67 bits per heavy atom. The van der Waals surface area contributed by atoms with Crippen LogP contribution in [0.2, 0.25) is 0 Å². The molecule has 6 heteroatoms. The third kappa shape index (κ3) is 3.68. The summed E-state index contributed by atoms with van der Waals surface area (Å²) in [6.45, 7) is 6.90. The summed E-state index contributed by atoms with van der Waals surface area (Å²) in [6.07, 6.45) is 2.49. The van der Waals surface area contributed by atoms with Gasteiger partial charge in [0.05, 0.1) is 6.61 Å². The maximum absolute atomic E-state index is 11.9. The van der Waals surface area contributed by atoms with Crippen molar-refractivity contribution >= 4 is 15.7 Å². The molecule has 0 aromatic heterocycles. The highest BCUT2D eigenvalue weighted by molar-refractivity contribution is 7.92. The molecular formula is C12H25NO4S. The molecule has 18 heavy (non-hydrogen) atoms. The van der Waals surface area contributed by atoms with E-state index in [1.165, 1.54) is 13.8 Å². The number of aliphatic hydroxyl groups is 1. The molecule has 0 aromatic rings. The van der Waals surface area contributed by atoms with Crippen LogP contribution in [0.5, 0.6) is 0 Å². The third-order valence-corrected chi connectivity index (χ3v) is 5.97. The van der Waals surface area contributed by atoms with E-state index in [-0.39, 0.29) is 18.6 Å². The fraction of sp³-hybridized carbons (Fsp3) is 0.917. The van der Waals surface area contributed by atoms with Gasteiger partial charge in [-0.1, -0.05) is 13.8 Å². The van der Waals surface area contributed by atoms with Crippen molar-refractivity contribution in [3.63, 3.8) is 0 Å². The number of carbonyl (C=O) groups excluding carboxylic acids is 1. The van der Waals surface area contributed by atoms with Crippen molar-refractivity contribution in [2.75, 3.05) is 19.4 Å². The van der Waals surface area contributed by atoms with Crippen LogP contribution in [-0.2, 0) is 14.6 Å². The number of aliphatic hydroxyl groups excluding tert-OH is 1. The van der Waals surface area contributed by atoms with Crippen LogP contribution >= 0.6 is 0 Å². The second-order valence-electron chi connectivity index (χ2n) is 5.33. The van der Waals surface area contributed by atoms with Crippen LogP contribution in [0.15, 0.2) is 0 Å². The minimum absolute atomic E-state index is 0.0282. The van der Waals surface area contributed by atoms with Gasteiger partial charge in [0, 0.05) is 18.2 Å². The van der Waals surface area contributed by atoms with Crippen LogP contribution < -0.4 is 5.32 Å². The lowest BCUT2D eigenvalue weighted by Gasteiger charge is -2.31. The largest absolute Gasteiger partial charge is 0.396 e. The monoisotopic (exact) mass is 279 g/mol. The zero-order chi connectivity index (χ0) is 14.6. The van der Waals surface area contributed by atoms with Crippen LogP contribution in [0.4, 0.5) is 0 Å². The van der Waals surface area contributed by atoms with E-state index in [2.05, 4.69) is 5.32 Å². The standard InChI is InChI=1S/C12H25NO4S/c1-6-12(7-2,9-14)8-13-10(15)11(3,4)18(5,16)17/h14H,6-9H2,1-5H3,(H,13,15). The molecule has 0 bridgehead atoms. The first-order valence-corrected chi connectivity index (χ1v) is 8.04. The normalized spacial score (nSPS) is 13.4. The molecule has 0 rings (SSSR count). The molecule has 1 amide bonds. The van der Waals surface area contributed by atoms with Gasteiger partial charge in [-0.25, -0.2) is 8.42 Å². The number of rotatable bonds is 7. The van der Waals surface area contributed by atoms with E-state index in [1.54, 1.807) is 0 Å². The number of carbonyl (C=O) groups is 1. The van der Waals surface area contributed by atoms with Gasteiger partial charge in [-0.15, -0.1) is 0 Å². The third-order valence-electron chi connectivity index (χ3n) is 3.93. The molecule has 0 spiro atoms. The molecule has 0 heterocycles. The summed E-state index contributed by atoms with van der Waals surface area (Å²) in [5.74, 6) is -0.523. The van der Waals surface area contributed by atoms with Gasteiger partial charge >= 0.3 is 0 Å². The van der Waals surface area contributed by atoms with Gasteiger partial charge < -0.3 is 10.4 Å². The summed E-state index contributed by atoms with van der Waals surface area (Å²) in [4.78, 5) is 11.9. The smallest absolute Gasteiger partial charge is 0.240 e. The van der Waals surface area contributed by atoms with E-state index in [0.717, 1.165) is 19.1 Å². The second kappa shape index (κ2) is 6.02. The van der Waals surface area contributed by atoms with Crippen LogP contribution in [0.3, 0.4) is 0 Å². The zero-order valence-electron chi connectivity index (χ0n) is 11.9. The predicted octanol–water partition coefficient (Wildman–Crippen LogP) is 0.724. The van der Waals surface area contributed by atoms with Crippen molar-refractivity contribution in [1.82, 2.24) is 5.32 Å². The summed E-state index contributed by atoms with van der Waals surface area (Å²) in [5.41, 5.74) is -0.372. The Morgan fingerprint density at radius 1 is 1.22 bits per heavy atom. The Bertz CT molecular complexity index is 375. The first kappa shape index (κ1) is 17.4. The van der Waals surface area contributed by atoms with Crippen LogP contribution in [-0.4, -0.2) is 43.6 Å². The summed E-state index contributed by atoms with van der Waals surface area (Å²) >= 11 is 0. The van der Waals surface area contributed by atoms with Gasteiger partial charge in [-0.3, -0.25) is 4.79 Å². The van der Waals surface area contributed by atoms with Crippen LogP contribution in [0, 0.1) is 5.41 Å². The topological polar surface area (TPSA) is 83.5 Å². The molecule has 0 atom stereocenters. The summed E-state index contributed by atoms with van der Waals surface area (Å²) < 4.78 is 21.6. The van der Waals surface area contributed by atoms with Crippen LogP contribution in [0.25, 0.3) is 0 Å². The number of nitrogens with one attached hydrogen (secondary N) is 1. The van der Waals surface area contributed by atoms with Crippen molar-refractivity contribution < 1.29 is 18.3 Å². The highest BCUT2D eigenvalue weighted by atomic mass is 32.2. The maximum atomic E-state index is 11.9. The average molecular weight is 279 g/mol. The first-order valence-electron chi connectivity index (χ1n) is 6.15. The molecule has 0 saturated carbocycles. The zero-order valence-corrected chi connectivity index (χ0v) is 12.7. The summed E-state index contributed by atoms with van der Waals surface area (Å²) in [7, 11) is -3.46. The molecule has 108 valence electrons. The van der Waals surface area contributed by atoms with Gasteiger partial charge in [0.2, 0.25) is 5.91 Å². The van der Waals surface area contributed by atoms with E-state index >= 15 is 0 Å². The number of hydrogen-bond donors (Lipinski definition) is 2. The molecule has 0 fully saturated rings. The fourth-order valence-corrected chi connectivity index (χ4v) is 1.84. The second-order valence-corrected chi connectivity index (χ2v) is 7.90. The molecule has 0 radical (unpaired) electrons. The van der Waals surface area contributed by atoms with Gasteiger partial charge in [-0.2, -0.15) is 0 Å². The molecular weight excluding hydrogens is 254 g/mol. The predicted molar refractivity (Wildman–Crippen MR) is 72.0 cm³/mol. The number of hydrogen-bond acceptors (Lipinski definition) is 4. The molecule has 2 N–H and O–H groups in total. The fourth-order valence-electron chi connectivity index (χ4n) is 1.43. The Hall–Kier alpha value is -0.620. The lowest BCUT2D eigenvalue weighted by Crippen LogP contribution is -2.50. The quantitative estimate of drug-likeness (QED) is 0.719. The van der Waals surface area contributed by atoms with Crippen molar-refractivity contribution in [3.8, 4) is 0 Å². The van der Waals surface area contributed by atoms with E-state index in [1.807, 2.05) is 13.8 Å².